The molecule has 0 aliphatic carbocycles. The molecule has 1 amide bonds. The van der Waals surface area contributed by atoms with E-state index in [2.05, 4.69) is 5.32 Å². The van der Waals surface area contributed by atoms with Crippen molar-refractivity contribution < 1.29 is 9.90 Å². The molecule has 2 N–H and O–H groups in total. The zero-order chi connectivity index (χ0) is 9.07. The molecule has 0 aromatic carbocycles. The van der Waals surface area contributed by atoms with E-state index >= 15 is 0 Å². The SMILES string of the molecule is CC(O)CC(=O)NC(C)(C)C. The van der Waals surface area contributed by atoms with Gasteiger partial charge in [-0.05, 0) is 27.7 Å². The molecular weight excluding hydrogens is 142 g/mol. The van der Waals surface area contributed by atoms with Gasteiger partial charge in [-0.15, -0.1) is 0 Å². The minimum absolute atomic E-state index is 0.104. The van der Waals surface area contributed by atoms with Gasteiger partial charge >= 0.3 is 0 Å². The molecule has 0 radical (unpaired) electrons. The zero-order valence-electron chi connectivity index (χ0n) is 7.64. The lowest BCUT2D eigenvalue weighted by atomic mass is 10.1. The van der Waals surface area contributed by atoms with Crippen LogP contribution in [0.3, 0.4) is 0 Å². The van der Waals surface area contributed by atoms with E-state index in [1.165, 1.54) is 0 Å². The summed E-state index contributed by atoms with van der Waals surface area (Å²) < 4.78 is 0. The highest BCUT2D eigenvalue weighted by Crippen LogP contribution is 2.00. The van der Waals surface area contributed by atoms with Crippen LogP contribution in [0.5, 0.6) is 0 Å². The van der Waals surface area contributed by atoms with Crippen LogP contribution in [0.1, 0.15) is 34.1 Å². The van der Waals surface area contributed by atoms with Crippen molar-refractivity contribution >= 4 is 5.91 Å². The van der Waals surface area contributed by atoms with Gasteiger partial charge in [0.25, 0.3) is 0 Å². The van der Waals surface area contributed by atoms with Crippen LogP contribution in [0.15, 0.2) is 0 Å². The summed E-state index contributed by atoms with van der Waals surface area (Å²) in [7, 11) is 0. The maximum absolute atomic E-state index is 11.0. The average molecular weight is 159 g/mol. The van der Waals surface area contributed by atoms with Gasteiger partial charge in [0, 0.05) is 5.54 Å². The fourth-order valence-electron chi connectivity index (χ4n) is 0.738. The van der Waals surface area contributed by atoms with Crippen LogP contribution in [-0.4, -0.2) is 22.7 Å². The monoisotopic (exact) mass is 159 g/mol. The number of aliphatic hydroxyl groups is 1. The van der Waals surface area contributed by atoms with Crippen molar-refractivity contribution in [1.82, 2.24) is 5.32 Å². The number of nitrogens with one attached hydrogen (secondary N) is 1. The highest BCUT2D eigenvalue weighted by molar-refractivity contribution is 5.77. The van der Waals surface area contributed by atoms with Gasteiger partial charge in [-0.1, -0.05) is 0 Å². The number of carbonyl (C=O) groups excluding carboxylic acids is 1. The summed E-state index contributed by atoms with van der Waals surface area (Å²) in [5, 5.41) is 11.6. The Morgan fingerprint density at radius 3 is 2.27 bits per heavy atom. The van der Waals surface area contributed by atoms with Crippen molar-refractivity contribution in [3.63, 3.8) is 0 Å². The first-order valence-electron chi connectivity index (χ1n) is 3.80. The third kappa shape index (κ3) is 7.33. The fourth-order valence-corrected chi connectivity index (χ4v) is 0.738. The highest BCUT2D eigenvalue weighted by Gasteiger charge is 2.14. The quantitative estimate of drug-likeness (QED) is 0.622. The van der Waals surface area contributed by atoms with Crippen molar-refractivity contribution in [2.24, 2.45) is 0 Å². The highest BCUT2D eigenvalue weighted by atomic mass is 16.3. The number of hydrogen-bond donors (Lipinski definition) is 2. The summed E-state index contributed by atoms with van der Waals surface area (Å²) in [6, 6.07) is 0. The van der Waals surface area contributed by atoms with E-state index in [4.69, 9.17) is 5.11 Å². The van der Waals surface area contributed by atoms with Crippen LogP contribution >= 0.6 is 0 Å². The predicted octanol–water partition coefficient (Wildman–Crippen LogP) is 0.672. The number of carbonyl (C=O) groups is 1. The predicted molar refractivity (Wildman–Crippen MR) is 44.2 cm³/mol. The number of rotatable bonds is 2. The minimum atomic E-state index is -0.558. The van der Waals surface area contributed by atoms with Crippen LogP contribution in [0.25, 0.3) is 0 Å². The maximum atomic E-state index is 11.0. The molecule has 3 heteroatoms. The Kier molecular flexibility index (Phi) is 3.52. The molecule has 1 atom stereocenters. The molecule has 0 heterocycles. The van der Waals surface area contributed by atoms with Crippen LogP contribution in [0.2, 0.25) is 0 Å². The van der Waals surface area contributed by atoms with E-state index in [1.54, 1.807) is 6.92 Å². The van der Waals surface area contributed by atoms with Crippen molar-refractivity contribution in [2.75, 3.05) is 0 Å². The Bertz CT molecular complexity index is 136. The Morgan fingerprint density at radius 1 is 1.55 bits per heavy atom. The van der Waals surface area contributed by atoms with Crippen molar-refractivity contribution in [2.45, 2.75) is 45.8 Å². The normalized spacial score (nSPS) is 14.3. The van der Waals surface area contributed by atoms with E-state index in [0.717, 1.165) is 0 Å². The smallest absolute Gasteiger partial charge is 0.222 e. The Hall–Kier alpha value is -0.570. The zero-order valence-corrected chi connectivity index (χ0v) is 7.64. The molecule has 0 aromatic heterocycles. The molecule has 0 saturated heterocycles. The van der Waals surface area contributed by atoms with Gasteiger partial charge in [-0.25, -0.2) is 0 Å². The first kappa shape index (κ1) is 10.4. The topological polar surface area (TPSA) is 49.3 Å². The average Bonchev–Trinajstić information content (AvgIpc) is 1.53. The van der Waals surface area contributed by atoms with Crippen LogP contribution in [-0.2, 0) is 4.79 Å². The Labute approximate surface area is 67.8 Å². The van der Waals surface area contributed by atoms with Crippen molar-refractivity contribution in [1.29, 1.82) is 0 Å². The van der Waals surface area contributed by atoms with Gasteiger partial charge in [0.2, 0.25) is 5.91 Å². The summed E-state index contributed by atoms with van der Waals surface area (Å²) in [5.74, 6) is -0.104. The summed E-state index contributed by atoms with van der Waals surface area (Å²) in [6.45, 7) is 7.33. The first-order chi connectivity index (χ1) is 4.81. The van der Waals surface area contributed by atoms with Crippen molar-refractivity contribution in [3.05, 3.63) is 0 Å². The molecule has 11 heavy (non-hydrogen) atoms. The summed E-state index contributed by atoms with van der Waals surface area (Å²) in [6.07, 6.45) is -0.380. The number of hydrogen-bond acceptors (Lipinski definition) is 2. The Morgan fingerprint density at radius 2 is 2.00 bits per heavy atom. The lowest BCUT2D eigenvalue weighted by molar-refractivity contribution is -0.124. The summed E-state index contributed by atoms with van der Waals surface area (Å²) >= 11 is 0. The molecule has 1 unspecified atom stereocenters. The van der Waals surface area contributed by atoms with E-state index < -0.39 is 6.10 Å². The third-order valence-corrected chi connectivity index (χ3v) is 0.995. The molecule has 0 aliphatic rings. The second kappa shape index (κ2) is 3.72. The fraction of sp³-hybridized carbons (Fsp3) is 0.875. The minimum Gasteiger partial charge on any atom is -0.393 e. The number of amides is 1. The van der Waals surface area contributed by atoms with Crippen LogP contribution < -0.4 is 5.32 Å². The van der Waals surface area contributed by atoms with Crippen LogP contribution in [0.4, 0.5) is 0 Å². The molecular formula is C8H17NO2. The number of aliphatic hydroxyl groups excluding tert-OH is 1. The van der Waals surface area contributed by atoms with E-state index in [0.29, 0.717) is 0 Å². The van der Waals surface area contributed by atoms with Crippen molar-refractivity contribution in [3.8, 4) is 0 Å². The van der Waals surface area contributed by atoms with Gasteiger partial charge in [-0.3, -0.25) is 4.79 Å². The molecule has 0 saturated carbocycles. The molecule has 0 aliphatic heterocycles. The largest absolute Gasteiger partial charge is 0.393 e. The molecule has 0 spiro atoms. The molecule has 0 rings (SSSR count). The van der Waals surface area contributed by atoms with E-state index in [1.807, 2.05) is 20.8 Å². The standard InChI is InChI=1S/C8H17NO2/c1-6(10)5-7(11)9-8(2,3)4/h6,10H,5H2,1-4H3,(H,9,11). The van der Waals surface area contributed by atoms with Crippen LogP contribution in [0, 0.1) is 0 Å². The lowest BCUT2D eigenvalue weighted by Gasteiger charge is -2.20. The molecule has 66 valence electrons. The first-order valence-corrected chi connectivity index (χ1v) is 3.80. The van der Waals surface area contributed by atoms with Gasteiger partial charge < -0.3 is 10.4 Å². The van der Waals surface area contributed by atoms with Gasteiger partial charge in [0.05, 0.1) is 12.5 Å². The molecule has 0 fully saturated rings. The second-order valence-electron chi connectivity index (χ2n) is 3.85. The lowest BCUT2D eigenvalue weighted by Crippen LogP contribution is -2.41. The van der Waals surface area contributed by atoms with Gasteiger partial charge in [-0.2, -0.15) is 0 Å². The van der Waals surface area contributed by atoms with E-state index in [9.17, 15) is 4.79 Å². The second-order valence-corrected chi connectivity index (χ2v) is 3.85. The van der Waals surface area contributed by atoms with E-state index in [-0.39, 0.29) is 17.9 Å². The maximum Gasteiger partial charge on any atom is 0.222 e. The summed E-state index contributed by atoms with van der Waals surface area (Å²) in [5.41, 5.74) is -0.202. The molecule has 0 aromatic rings. The van der Waals surface area contributed by atoms with Gasteiger partial charge in [0.1, 0.15) is 0 Å². The third-order valence-electron chi connectivity index (χ3n) is 0.995. The van der Waals surface area contributed by atoms with Gasteiger partial charge in [0.15, 0.2) is 0 Å². The molecule has 3 nitrogen and oxygen atoms in total. The molecule has 0 bridgehead atoms. The summed E-state index contributed by atoms with van der Waals surface area (Å²) in [4.78, 5) is 11.0. The Balaban J connectivity index is 3.71.